The summed E-state index contributed by atoms with van der Waals surface area (Å²) in [5.74, 6) is 0.249. The van der Waals surface area contributed by atoms with Crippen LogP contribution in [0.1, 0.15) is 0 Å². The minimum Gasteiger partial charge on any atom is -0.496 e. The monoisotopic (exact) mass is 201 g/mol. The Morgan fingerprint density at radius 3 is 2.53 bits per heavy atom. The lowest BCUT2D eigenvalue weighted by Crippen LogP contribution is -1.88. The van der Waals surface area contributed by atoms with Gasteiger partial charge in [-0.2, -0.15) is 0 Å². The highest BCUT2D eigenvalue weighted by molar-refractivity contribution is 5.70. The van der Waals surface area contributed by atoms with E-state index in [4.69, 9.17) is 4.74 Å². The van der Waals surface area contributed by atoms with Crippen LogP contribution >= 0.6 is 0 Å². The van der Waals surface area contributed by atoms with Gasteiger partial charge in [0.05, 0.1) is 7.11 Å². The maximum atomic E-state index is 13.0. The van der Waals surface area contributed by atoms with Crippen LogP contribution in [-0.2, 0) is 0 Å². The van der Waals surface area contributed by atoms with Gasteiger partial charge in [0.2, 0.25) is 0 Å². The van der Waals surface area contributed by atoms with Crippen LogP contribution in [0.25, 0.3) is 11.1 Å². The highest BCUT2D eigenvalue weighted by atomic mass is 19.1. The average molecular weight is 201 g/mol. The SMILES string of the molecule is COc1cc(F)ccc1-c1cc[c]cc1. The van der Waals surface area contributed by atoms with Crippen molar-refractivity contribution >= 4 is 0 Å². The van der Waals surface area contributed by atoms with Crippen molar-refractivity contribution in [3.05, 3.63) is 54.3 Å². The van der Waals surface area contributed by atoms with Crippen LogP contribution in [0, 0.1) is 11.9 Å². The molecule has 1 radical (unpaired) electrons. The molecule has 0 unspecified atom stereocenters. The molecule has 0 spiro atoms. The van der Waals surface area contributed by atoms with Gasteiger partial charge in [0.15, 0.2) is 0 Å². The van der Waals surface area contributed by atoms with Gasteiger partial charge in [0.1, 0.15) is 11.6 Å². The Hall–Kier alpha value is -1.83. The van der Waals surface area contributed by atoms with Crippen LogP contribution in [0.5, 0.6) is 5.75 Å². The Balaban J connectivity index is 2.53. The third kappa shape index (κ3) is 1.99. The Morgan fingerprint density at radius 2 is 1.87 bits per heavy atom. The molecule has 2 heteroatoms. The molecule has 2 aromatic carbocycles. The molecule has 1 nitrogen and oxygen atoms in total. The molecular weight excluding hydrogens is 191 g/mol. The molecule has 15 heavy (non-hydrogen) atoms. The van der Waals surface area contributed by atoms with Gasteiger partial charge in [-0.25, -0.2) is 4.39 Å². The lowest BCUT2D eigenvalue weighted by molar-refractivity contribution is 0.413. The molecule has 0 heterocycles. The summed E-state index contributed by atoms with van der Waals surface area (Å²) in [5.41, 5.74) is 1.87. The molecule has 2 rings (SSSR count). The molecule has 0 saturated heterocycles. The summed E-state index contributed by atoms with van der Waals surface area (Å²) < 4.78 is 18.1. The van der Waals surface area contributed by atoms with E-state index < -0.39 is 0 Å². The van der Waals surface area contributed by atoms with Crippen molar-refractivity contribution < 1.29 is 9.13 Å². The molecule has 0 aromatic heterocycles. The smallest absolute Gasteiger partial charge is 0.129 e. The highest BCUT2D eigenvalue weighted by Crippen LogP contribution is 2.29. The summed E-state index contributed by atoms with van der Waals surface area (Å²) in [4.78, 5) is 0. The summed E-state index contributed by atoms with van der Waals surface area (Å²) >= 11 is 0. The summed E-state index contributed by atoms with van der Waals surface area (Å²) in [5, 5.41) is 0. The topological polar surface area (TPSA) is 9.23 Å². The first-order valence-electron chi connectivity index (χ1n) is 4.61. The van der Waals surface area contributed by atoms with Gasteiger partial charge < -0.3 is 4.74 Å². The molecule has 75 valence electrons. The second-order valence-corrected chi connectivity index (χ2v) is 3.13. The largest absolute Gasteiger partial charge is 0.496 e. The predicted octanol–water partition coefficient (Wildman–Crippen LogP) is 3.30. The lowest BCUT2D eigenvalue weighted by Gasteiger charge is -2.08. The van der Waals surface area contributed by atoms with Crippen LogP contribution < -0.4 is 4.74 Å². The van der Waals surface area contributed by atoms with E-state index in [0.29, 0.717) is 5.75 Å². The summed E-state index contributed by atoms with van der Waals surface area (Å²) in [6, 6.07) is 14.9. The fourth-order valence-corrected chi connectivity index (χ4v) is 1.47. The molecule has 0 N–H and O–H groups in total. The van der Waals surface area contributed by atoms with Crippen LogP contribution in [0.2, 0.25) is 0 Å². The van der Waals surface area contributed by atoms with Gasteiger partial charge in [-0.1, -0.05) is 24.3 Å². The van der Waals surface area contributed by atoms with E-state index in [1.807, 2.05) is 24.3 Å². The van der Waals surface area contributed by atoms with Gasteiger partial charge in [0.25, 0.3) is 0 Å². The molecule has 2 aromatic rings. The number of hydrogen-bond acceptors (Lipinski definition) is 1. The van der Waals surface area contributed by atoms with E-state index in [1.165, 1.54) is 19.2 Å². The standard InChI is InChI=1S/C13H10FO/c1-15-13-9-11(14)7-8-12(13)10-5-3-2-4-6-10/h3-9H,1H3. The van der Waals surface area contributed by atoms with Crippen molar-refractivity contribution in [2.75, 3.05) is 7.11 Å². The number of halogens is 1. The highest BCUT2D eigenvalue weighted by Gasteiger charge is 2.05. The summed E-state index contributed by atoms with van der Waals surface area (Å²) in [7, 11) is 1.54. The first-order valence-corrected chi connectivity index (χ1v) is 4.61. The average Bonchev–Trinajstić information content (AvgIpc) is 2.30. The molecule has 0 aliphatic carbocycles. The Bertz CT molecular complexity index is 451. The number of methoxy groups -OCH3 is 1. The van der Waals surface area contributed by atoms with Crippen molar-refractivity contribution in [1.29, 1.82) is 0 Å². The Morgan fingerprint density at radius 1 is 1.13 bits per heavy atom. The maximum absolute atomic E-state index is 13.0. The van der Waals surface area contributed by atoms with Crippen LogP contribution in [-0.4, -0.2) is 7.11 Å². The zero-order chi connectivity index (χ0) is 10.7. The van der Waals surface area contributed by atoms with E-state index in [0.717, 1.165) is 11.1 Å². The molecule has 0 bridgehead atoms. The number of benzene rings is 2. The molecule has 0 amide bonds. The van der Waals surface area contributed by atoms with Crippen molar-refractivity contribution in [2.45, 2.75) is 0 Å². The Labute approximate surface area is 88.1 Å². The van der Waals surface area contributed by atoms with Crippen molar-refractivity contribution in [3.8, 4) is 16.9 Å². The van der Waals surface area contributed by atoms with E-state index in [-0.39, 0.29) is 5.82 Å². The van der Waals surface area contributed by atoms with Crippen molar-refractivity contribution in [2.24, 2.45) is 0 Å². The number of ether oxygens (including phenoxy) is 1. The first-order chi connectivity index (χ1) is 7.31. The summed E-state index contributed by atoms with van der Waals surface area (Å²) in [6.07, 6.45) is 0. The third-order valence-electron chi connectivity index (χ3n) is 2.19. The molecular formula is C13H10FO. The van der Waals surface area contributed by atoms with Crippen LogP contribution in [0.4, 0.5) is 4.39 Å². The zero-order valence-corrected chi connectivity index (χ0v) is 8.33. The number of rotatable bonds is 2. The van der Waals surface area contributed by atoms with E-state index >= 15 is 0 Å². The third-order valence-corrected chi connectivity index (χ3v) is 2.19. The fourth-order valence-electron chi connectivity index (χ4n) is 1.47. The van der Waals surface area contributed by atoms with Crippen molar-refractivity contribution in [3.63, 3.8) is 0 Å². The normalized spacial score (nSPS) is 10.0. The van der Waals surface area contributed by atoms with E-state index in [9.17, 15) is 4.39 Å². The van der Waals surface area contributed by atoms with E-state index in [2.05, 4.69) is 6.07 Å². The van der Waals surface area contributed by atoms with Gasteiger partial charge >= 0.3 is 0 Å². The zero-order valence-electron chi connectivity index (χ0n) is 8.33. The van der Waals surface area contributed by atoms with Crippen LogP contribution in [0.3, 0.4) is 0 Å². The minimum absolute atomic E-state index is 0.293. The van der Waals surface area contributed by atoms with Gasteiger partial charge in [-0.15, -0.1) is 0 Å². The molecule has 0 saturated carbocycles. The fraction of sp³-hybridized carbons (Fsp3) is 0.0769. The van der Waals surface area contributed by atoms with Crippen LogP contribution in [0.15, 0.2) is 42.5 Å². The molecule has 0 aliphatic heterocycles. The summed E-state index contributed by atoms with van der Waals surface area (Å²) in [6.45, 7) is 0. The number of hydrogen-bond donors (Lipinski definition) is 0. The quantitative estimate of drug-likeness (QED) is 0.724. The van der Waals surface area contributed by atoms with Gasteiger partial charge in [0, 0.05) is 11.6 Å². The molecule has 0 aliphatic rings. The van der Waals surface area contributed by atoms with E-state index in [1.54, 1.807) is 6.07 Å². The predicted molar refractivity (Wildman–Crippen MR) is 57.2 cm³/mol. The second-order valence-electron chi connectivity index (χ2n) is 3.13. The maximum Gasteiger partial charge on any atom is 0.129 e. The van der Waals surface area contributed by atoms with Gasteiger partial charge in [-0.05, 0) is 23.8 Å². The van der Waals surface area contributed by atoms with Crippen molar-refractivity contribution in [1.82, 2.24) is 0 Å². The molecule has 0 fully saturated rings. The minimum atomic E-state index is -0.293. The first kappa shape index (κ1) is 9.71. The second kappa shape index (κ2) is 4.13. The Kier molecular flexibility index (Phi) is 2.68. The lowest BCUT2D eigenvalue weighted by atomic mass is 10.0. The molecule has 0 atom stereocenters. The van der Waals surface area contributed by atoms with Gasteiger partial charge in [-0.3, -0.25) is 0 Å².